The summed E-state index contributed by atoms with van der Waals surface area (Å²) in [7, 11) is 0. The molecular weight excluding hydrogens is 342 g/mol. The first-order chi connectivity index (χ1) is 10.5. The van der Waals surface area contributed by atoms with Gasteiger partial charge in [0.2, 0.25) is 0 Å². The van der Waals surface area contributed by atoms with Gasteiger partial charge in [0.05, 0.1) is 4.91 Å². The molecule has 1 aromatic carbocycles. The fourth-order valence-corrected chi connectivity index (χ4v) is 3.38. The Kier molecular flexibility index (Phi) is 5.99. The van der Waals surface area contributed by atoms with Crippen molar-refractivity contribution in [2.45, 2.75) is 19.3 Å². The SMILES string of the molecule is O=C(O)CCCCN1C(=O)/C(=C\c2ccc(Cl)cc2)SC1=S. The number of unbranched alkanes of at least 4 members (excludes halogenated alkanes) is 1. The van der Waals surface area contributed by atoms with Crippen molar-refractivity contribution in [3.63, 3.8) is 0 Å². The van der Waals surface area contributed by atoms with Crippen LogP contribution in [0.25, 0.3) is 6.08 Å². The average Bonchev–Trinajstić information content (AvgIpc) is 2.72. The summed E-state index contributed by atoms with van der Waals surface area (Å²) in [5.41, 5.74) is 0.885. The van der Waals surface area contributed by atoms with Crippen LogP contribution >= 0.6 is 35.6 Å². The molecule has 1 aliphatic heterocycles. The number of benzene rings is 1. The second-order valence-electron chi connectivity index (χ2n) is 4.74. The van der Waals surface area contributed by atoms with Gasteiger partial charge in [-0.2, -0.15) is 0 Å². The Morgan fingerprint density at radius 2 is 2.00 bits per heavy atom. The zero-order valence-electron chi connectivity index (χ0n) is 11.6. The molecule has 0 aliphatic carbocycles. The topological polar surface area (TPSA) is 57.6 Å². The van der Waals surface area contributed by atoms with Crippen LogP contribution in [0.5, 0.6) is 0 Å². The summed E-state index contributed by atoms with van der Waals surface area (Å²) in [5.74, 6) is -0.951. The standard InChI is InChI=1S/C15H14ClNO3S2/c16-11-6-4-10(5-7-11)9-12-14(20)17(15(21)22-12)8-2-1-3-13(18)19/h4-7,9H,1-3,8H2,(H,18,19)/b12-9+. The van der Waals surface area contributed by atoms with Gasteiger partial charge in [-0.15, -0.1) is 0 Å². The molecule has 0 aromatic heterocycles. The lowest BCUT2D eigenvalue weighted by molar-refractivity contribution is -0.137. The van der Waals surface area contributed by atoms with E-state index >= 15 is 0 Å². The van der Waals surface area contributed by atoms with Gasteiger partial charge in [0.25, 0.3) is 5.91 Å². The van der Waals surface area contributed by atoms with Gasteiger partial charge >= 0.3 is 5.97 Å². The predicted molar refractivity (Wildman–Crippen MR) is 92.8 cm³/mol. The normalized spacial score (nSPS) is 16.6. The van der Waals surface area contributed by atoms with E-state index in [-0.39, 0.29) is 12.3 Å². The van der Waals surface area contributed by atoms with Crippen LogP contribution in [0.4, 0.5) is 0 Å². The number of carbonyl (C=O) groups excluding carboxylic acids is 1. The minimum absolute atomic E-state index is 0.107. The smallest absolute Gasteiger partial charge is 0.303 e. The van der Waals surface area contributed by atoms with Crippen molar-refractivity contribution in [1.82, 2.24) is 4.90 Å². The number of carbonyl (C=O) groups is 2. The summed E-state index contributed by atoms with van der Waals surface area (Å²) in [5, 5.41) is 9.25. The van der Waals surface area contributed by atoms with Crippen LogP contribution in [0.1, 0.15) is 24.8 Å². The van der Waals surface area contributed by atoms with Crippen molar-refractivity contribution in [3.8, 4) is 0 Å². The van der Waals surface area contributed by atoms with Crippen molar-refractivity contribution in [1.29, 1.82) is 0 Å². The summed E-state index contributed by atoms with van der Waals surface area (Å²) in [6.45, 7) is 0.454. The highest BCUT2D eigenvalue weighted by Crippen LogP contribution is 2.32. The van der Waals surface area contributed by atoms with E-state index in [2.05, 4.69) is 0 Å². The van der Waals surface area contributed by atoms with Crippen molar-refractivity contribution in [2.75, 3.05) is 6.54 Å². The third kappa shape index (κ3) is 4.56. The quantitative estimate of drug-likeness (QED) is 0.478. The fourth-order valence-electron chi connectivity index (χ4n) is 1.95. The van der Waals surface area contributed by atoms with Gasteiger partial charge in [0.1, 0.15) is 4.32 Å². The van der Waals surface area contributed by atoms with Crippen LogP contribution in [-0.4, -0.2) is 32.7 Å². The van der Waals surface area contributed by atoms with Gasteiger partial charge in [0.15, 0.2) is 0 Å². The molecule has 0 unspecified atom stereocenters. The van der Waals surface area contributed by atoms with Crippen molar-refractivity contribution in [3.05, 3.63) is 39.8 Å². The second-order valence-corrected chi connectivity index (χ2v) is 6.85. The Hall–Kier alpha value is -1.37. The van der Waals surface area contributed by atoms with Crippen LogP contribution in [-0.2, 0) is 9.59 Å². The van der Waals surface area contributed by atoms with E-state index in [1.54, 1.807) is 18.2 Å². The number of nitrogens with zero attached hydrogens (tertiary/aromatic N) is 1. The number of amides is 1. The molecule has 1 saturated heterocycles. The fraction of sp³-hybridized carbons (Fsp3) is 0.267. The number of hydrogen-bond acceptors (Lipinski definition) is 4. The van der Waals surface area contributed by atoms with Crippen LogP contribution < -0.4 is 0 Å². The molecule has 1 fully saturated rings. The molecule has 0 atom stereocenters. The lowest BCUT2D eigenvalue weighted by Crippen LogP contribution is -2.29. The lowest BCUT2D eigenvalue weighted by Gasteiger charge is -2.13. The Morgan fingerprint density at radius 1 is 1.32 bits per heavy atom. The van der Waals surface area contributed by atoms with Crippen molar-refractivity contribution >= 4 is 57.9 Å². The van der Waals surface area contributed by atoms with Crippen LogP contribution in [0.2, 0.25) is 5.02 Å². The predicted octanol–water partition coefficient (Wildman–Crippen LogP) is 3.80. The Balaban J connectivity index is 1.99. The molecule has 1 N–H and O–H groups in total. The minimum atomic E-state index is -0.826. The van der Waals surface area contributed by atoms with E-state index in [0.29, 0.717) is 33.6 Å². The van der Waals surface area contributed by atoms with E-state index in [9.17, 15) is 9.59 Å². The second kappa shape index (κ2) is 7.76. The van der Waals surface area contributed by atoms with Crippen molar-refractivity contribution in [2.24, 2.45) is 0 Å². The third-order valence-corrected chi connectivity index (χ3v) is 4.69. The van der Waals surface area contributed by atoms with Gasteiger partial charge in [-0.05, 0) is 36.6 Å². The highest BCUT2D eigenvalue weighted by atomic mass is 35.5. The van der Waals surface area contributed by atoms with Gasteiger partial charge in [0, 0.05) is 18.0 Å². The molecule has 0 bridgehead atoms. The molecule has 0 spiro atoms. The van der Waals surface area contributed by atoms with E-state index in [1.165, 1.54) is 16.7 Å². The van der Waals surface area contributed by atoms with Crippen LogP contribution in [0.15, 0.2) is 29.2 Å². The molecule has 116 valence electrons. The van der Waals surface area contributed by atoms with Gasteiger partial charge in [-0.25, -0.2) is 0 Å². The molecule has 1 aliphatic rings. The molecule has 7 heteroatoms. The van der Waals surface area contributed by atoms with Crippen LogP contribution in [0.3, 0.4) is 0 Å². The number of carboxylic acids is 1. The number of carboxylic acid groups (broad SMARTS) is 1. The highest BCUT2D eigenvalue weighted by molar-refractivity contribution is 8.26. The number of rotatable bonds is 6. The Morgan fingerprint density at radius 3 is 2.64 bits per heavy atom. The molecule has 0 radical (unpaired) electrons. The summed E-state index contributed by atoms with van der Waals surface area (Å²) in [6.07, 6.45) is 3.04. The molecule has 22 heavy (non-hydrogen) atoms. The minimum Gasteiger partial charge on any atom is -0.481 e. The Labute approximate surface area is 143 Å². The summed E-state index contributed by atoms with van der Waals surface area (Å²) < 4.78 is 0.514. The maximum absolute atomic E-state index is 12.3. The number of hydrogen-bond donors (Lipinski definition) is 1. The molecule has 1 amide bonds. The van der Waals surface area contributed by atoms with E-state index in [1.807, 2.05) is 12.1 Å². The summed E-state index contributed by atoms with van der Waals surface area (Å²) in [6, 6.07) is 7.20. The number of thioether (sulfide) groups is 1. The molecule has 0 saturated carbocycles. The largest absolute Gasteiger partial charge is 0.481 e. The first-order valence-electron chi connectivity index (χ1n) is 6.70. The van der Waals surface area contributed by atoms with E-state index in [0.717, 1.165) is 5.56 Å². The number of aliphatic carboxylic acids is 1. The van der Waals surface area contributed by atoms with Crippen LogP contribution in [0, 0.1) is 0 Å². The zero-order chi connectivity index (χ0) is 16.1. The first-order valence-corrected chi connectivity index (χ1v) is 8.30. The molecule has 1 heterocycles. The lowest BCUT2D eigenvalue weighted by atomic mass is 10.2. The summed E-state index contributed by atoms with van der Waals surface area (Å²) in [4.78, 5) is 24.9. The van der Waals surface area contributed by atoms with Crippen molar-refractivity contribution < 1.29 is 14.7 Å². The van der Waals surface area contributed by atoms with E-state index < -0.39 is 5.97 Å². The maximum Gasteiger partial charge on any atom is 0.303 e. The molecule has 1 aromatic rings. The molecule has 2 rings (SSSR count). The number of halogens is 1. The van der Waals surface area contributed by atoms with Gasteiger partial charge < -0.3 is 5.11 Å². The highest BCUT2D eigenvalue weighted by Gasteiger charge is 2.31. The Bertz CT molecular complexity index is 628. The van der Waals surface area contributed by atoms with Gasteiger partial charge in [-0.3, -0.25) is 14.5 Å². The molecule has 4 nitrogen and oxygen atoms in total. The maximum atomic E-state index is 12.3. The zero-order valence-corrected chi connectivity index (χ0v) is 14.0. The third-order valence-electron chi connectivity index (χ3n) is 3.06. The van der Waals surface area contributed by atoms with E-state index in [4.69, 9.17) is 28.9 Å². The monoisotopic (exact) mass is 355 g/mol. The molecular formula is C15H14ClNO3S2. The summed E-state index contributed by atoms with van der Waals surface area (Å²) >= 11 is 12.3. The number of thiocarbonyl (C=S) groups is 1. The average molecular weight is 356 g/mol. The van der Waals surface area contributed by atoms with Gasteiger partial charge in [-0.1, -0.05) is 47.7 Å². The first kappa shape index (κ1) is 17.0.